The van der Waals surface area contributed by atoms with E-state index in [1.807, 2.05) is 42.5 Å². The van der Waals surface area contributed by atoms with Crippen LogP contribution in [0.4, 0.5) is 0 Å². The van der Waals surface area contributed by atoms with E-state index in [2.05, 4.69) is 25.1 Å². The molecule has 0 amide bonds. The van der Waals surface area contributed by atoms with Crippen LogP contribution in [0.1, 0.15) is 34.0 Å². The predicted molar refractivity (Wildman–Crippen MR) is 76.6 cm³/mol. The van der Waals surface area contributed by atoms with E-state index in [-0.39, 0.29) is 5.78 Å². The second-order valence-electron chi connectivity index (χ2n) is 4.37. The smallest absolute Gasteiger partial charge is 0.159 e. The van der Waals surface area contributed by atoms with Crippen LogP contribution in [0.2, 0.25) is 0 Å². The van der Waals surface area contributed by atoms with Crippen molar-refractivity contribution in [3.05, 3.63) is 70.8 Å². The Hall–Kier alpha value is -2.15. The monoisotopic (exact) mass is 236 g/mol. The molecule has 2 aromatic rings. The fourth-order valence-corrected chi connectivity index (χ4v) is 1.82. The molecule has 2 rings (SSSR count). The fraction of sp³-hybridized carbons (Fsp3) is 0.118. The average molecular weight is 236 g/mol. The Balaban J connectivity index is 2.27. The average Bonchev–Trinajstić information content (AvgIpc) is 2.38. The highest BCUT2D eigenvalue weighted by atomic mass is 16.1. The van der Waals surface area contributed by atoms with Crippen LogP contribution >= 0.6 is 0 Å². The SMILES string of the molecule is CC(=O)c1cccc(/C=C/c2ccccc2C)c1. The van der Waals surface area contributed by atoms with E-state index in [1.165, 1.54) is 11.1 Å². The second-order valence-corrected chi connectivity index (χ2v) is 4.37. The Morgan fingerprint density at radius 3 is 2.50 bits per heavy atom. The zero-order valence-electron chi connectivity index (χ0n) is 10.7. The third-order valence-corrected chi connectivity index (χ3v) is 2.94. The number of hydrogen-bond acceptors (Lipinski definition) is 1. The first-order valence-corrected chi connectivity index (χ1v) is 6.01. The van der Waals surface area contributed by atoms with E-state index < -0.39 is 0 Å². The molecule has 0 aliphatic heterocycles. The highest BCUT2D eigenvalue weighted by Crippen LogP contribution is 2.13. The van der Waals surface area contributed by atoms with Crippen molar-refractivity contribution in [1.82, 2.24) is 0 Å². The molecule has 0 saturated heterocycles. The van der Waals surface area contributed by atoms with Gasteiger partial charge >= 0.3 is 0 Å². The van der Waals surface area contributed by atoms with Gasteiger partial charge in [0.25, 0.3) is 0 Å². The summed E-state index contributed by atoms with van der Waals surface area (Å²) in [5.74, 6) is 0.0983. The van der Waals surface area contributed by atoms with Crippen LogP contribution < -0.4 is 0 Å². The molecule has 0 spiro atoms. The Morgan fingerprint density at radius 1 is 1.00 bits per heavy atom. The summed E-state index contributed by atoms with van der Waals surface area (Å²) in [6.07, 6.45) is 4.11. The molecule has 1 heteroatoms. The molecule has 0 bridgehead atoms. The lowest BCUT2D eigenvalue weighted by Crippen LogP contribution is -1.91. The molecule has 90 valence electrons. The summed E-state index contributed by atoms with van der Waals surface area (Å²) in [5.41, 5.74) is 4.25. The number of aryl methyl sites for hydroxylation is 1. The van der Waals surface area contributed by atoms with Crippen LogP contribution in [0.25, 0.3) is 12.2 Å². The minimum absolute atomic E-state index is 0.0983. The number of benzene rings is 2. The Bertz CT molecular complexity index is 594. The molecule has 0 radical (unpaired) electrons. The standard InChI is InChI=1S/C17H16O/c1-13-6-3-4-8-16(13)11-10-15-7-5-9-17(12-15)14(2)18/h3-12H,1-2H3/b11-10+. The molecule has 18 heavy (non-hydrogen) atoms. The molecule has 0 heterocycles. The number of Topliss-reactive ketones (excluding diaryl/α,β-unsaturated/α-hetero) is 1. The Morgan fingerprint density at radius 2 is 1.78 bits per heavy atom. The van der Waals surface area contributed by atoms with Gasteiger partial charge in [0.15, 0.2) is 5.78 Å². The minimum atomic E-state index is 0.0983. The largest absolute Gasteiger partial charge is 0.295 e. The van der Waals surface area contributed by atoms with E-state index in [4.69, 9.17) is 0 Å². The van der Waals surface area contributed by atoms with E-state index in [1.54, 1.807) is 6.92 Å². The maximum absolute atomic E-state index is 11.3. The van der Waals surface area contributed by atoms with E-state index in [0.29, 0.717) is 0 Å². The van der Waals surface area contributed by atoms with Gasteiger partial charge in [0, 0.05) is 5.56 Å². The van der Waals surface area contributed by atoms with E-state index in [0.717, 1.165) is 11.1 Å². The van der Waals surface area contributed by atoms with Gasteiger partial charge < -0.3 is 0 Å². The van der Waals surface area contributed by atoms with E-state index >= 15 is 0 Å². The first kappa shape index (κ1) is 12.3. The van der Waals surface area contributed by atoms with Gasteiger partial charge in [0.05, 0.1) is 0 Å². The second kappa shape index (κ2) is 5.46. The molecule has 0 unspecified atom stereocenters. The van der Waals surface area contributed by atoms with Gasteiger partial charge in [-0.15, -0.1) is 0 Å². The fourth-order valence-electron chi connectivity index (χ4n) is 1.82. The number of rotatable bonds is 3. The van der Waals surface area contributed by atoms with Gasteiger partial charge in [-0.05, 0) is 36.6 Å². The molecule has 0 aromatic heterocycles. The summed E-state index contributed by atoms with van der Waals surface area (Å²) < 4.78 is 0. The Labute approximate surface area is 108 Å². The van der Waals surface area contributed by atoms with Crippen molar-refractivity contribution in [1.29, 1.82) is 0 Å². The van der Waals surface area contributed by atoms with Gasteiger partial charge in [-0.2, -0.15) is 0 Å². The molecule has 1 nitrogen and oxygen atoms in total. The van der Waals surface area contributed by atoms with Crippen LogP contribution in [-0.4, -0.2) is 5.78 Å². The zero-order chi connectivity index (χ0) is 13.0. The van der Waals surface area contributed by atoms with Crippen LogP contribution in [0.3, 0.4) is 0 Å². The number of ketones is 1. The van der Waals surface area contributed by atoms with Crippen molar-refractivity contribution in [2.24, 2.45) is 0 Å². The third kappa shape index (κ3) is 2.95. The lowest BCUT2D eigenvalue weighted by atomic mass is 10.0. The third-order valence-electron chi connectivity index (χ3n) is 2.94. The van der Waals surface area contributed by atoms with Gasteiger partial charge in [-0.1, -0.05) is 54.6 Å². The lowest BCUT2D eigenvalue weighted by molar-refractivity contribution is 0.101. The normalized spacial score (nSPS) is 10.8. The summed E-state index contributed by atoms with van der Waals surface area (Å²) in [5, 5.41) is 0. The Kier molecular flexibility index (Phi) is 3.73. The number of hydrogen-bond donors (Lipinski definition) is 0. The van der Waals surface area contributed by atoms with Gasteiger partial charge in [0.2, 0.25) is 0 Å². The lowest BCUT2D eigenvalue weighted by Gasteiger charge is -2.00. The van der Waals surface area contributed by atoms with Crippen LogP contribution in [0, 0.1) is 6.92 Å². The molecular formula is C17H16O. The minimum Gasteiger partial charge on any atom is -0.295 e. The zero-order valence-corrected chi connectivity index (χ0v) is 10.7. The quantitative estimate of drug-likeness (QED) is 0.571. The van der Waals surface area contributed by atoms with Crippen LogP contribution in [0.15, 0.2) is 48.5 Å². The van der Waals surface area contributed by atoms with Crippen molar-refractivity contribution < 1.29 is 4.79 Å². The number of carbonyl (C=O) groups is 1. The molecule has 2 aromatic carbocycles. The highest BCUT2D eigenvalue weighted by Gasteiger charge is 1.98. The first-order valence-electron chi connectivity index (χ1n) is 6.01. The van der Waals surface area contributed by atoms with E-state index in [9.17, 15) is 4.79 Å². The van der Waals surface area contributed by atoms with Crippen molar-refractivity contribution in [2.75, 3.05) is 0 Å². The topological polar surface area (TPSA) is 17.1 Å². The summed E-state index contributed by atoms with van der Waals surface area (Å²) >= 11 is 0. The molecule has 0 saturated carbocycles. The molecule has 0 aliphatic carbocycles. The van der Waals surface area contributed by atoms with Crippen molar-refractivity contribution in [2.45, 2.75) is 13.8 Å². The maximum Gasteiger partial charge on any atom is 0.159 e. The van der Waals surface area contributed by atoms with Crippen LogP contribution in [-0.2, 0) is 0 Å². The molecule has 0 atom stereocenters. The van der Waals surface area contributed by atoms with Crippen molar-refractivity contribution in [3.63, 3.8) is 0 Å². The highest BCUT2D eigenvalue weighted by molar-refractivity contribution is 5.94. The predicted octanol–water partition coefficient (Wildman–Crippen LogP) is 4.37. The maximum atomic E-state index is 11.3. The van der Waals surface area contributed by atoms with Gasteiger partial charge in [-0.3, -0.25) is 4.79 Å². The summed E-state index contributed by atoms with van der Waals surface area (Å²) in [7, 11) is 0. The van der Waals surface area contributed by atoms with Crippen LogP contribution in [0.5, 0.6) is 0 Å². The summed E-state index contributed by atoms with van der Waals surface area (Å²) in [6.45, 7) is 3.68. The van der Waals surface area contributed by atoms with Crippen molar-refractivity contribution in [3.8, 4) is 0 Å². The van der Waals surface area contributed by atoms with Gasteiger partial charge in [-0.25, -0.2) is 0 Å². The molecule has 0 aliphatic rings. The first-order chi connectivity index (χ1) is 8.66. The summed E-state index contributed by atoms with van der Waals surface area (Å²) in [4.78, 5) is 11.3. The molecular weight excluding hydrogens is 220 g/mol. The van der Waals surface area contributed by atoms with Gasteiger partial charge in [0.1, 0.15) is 0 Å². The summed E-state index contributed by atoms with van der Waals surface area (Å²) in [6, 6.07) is 15.9. The molecule has 0 N–H and O–H groups in total. The van der Waals surface area contributed by atoms with Crippen molar-refractivity contribution >= 4 is 17.9 Å². The molecule has 0 fully saturated rings. The number of carbonyl (C=O) groups excluding carboxylic acids is 1.